The molecule has 0 spiro atoms. The topological polar surface area (TPSA) is 221 Å². The van der Waals surface area contributed by atoms with Crippen LogP contribution in [0.2, 0.25) is 0 Å². The summed E-state index contributed by atoms with van der Waals surface area (Å²) < 4.78 is 53.7. The van der Waals surface area contributed by atoms with Crippen molar-refractivity contribution >= 4 is 29.8 Å². The Balaban J connectivity index is 1.38. The predicted molar refractivity (Wildman–Crippen MR) is 223 cm³/mol. The van der Waals surface area contributed by atoms with Gasteiger partial charge in [0.1, 0.15) is 43.6 Å². The zero-order valence-corrected chi connectivity index (χ0v) is 37.2. The zero-order valence-electron chi connectivity index (χ0n) is 37.2. The van der Waals surface area contributed by atoms with Crippen molar-refractivity contribution in [1.82, 2.24) is 5.32 Å². The molecule has 348 valence electrons. The van der Waals surface area contributed by atoms with Gasteiger partial charge in [0, 0.05) is 39.4 Å². The lowest BCUT2D eigenvalue weighted by Crippen LogP contribution is -2.82. The third-order valence-electron chi connectivity index (χ3n) is 14.0. The highest BCUT2D eigenvalue weighted by molar-refractivity contribution is 5.94. The molecular weight excluding hydrogens is 835 g/mol. The number of hydrogen-bond donors (Lipinski definition) is 3. The van der Waals surface area contributed by atoms with Crippen LogP contribution in [0.15, 0.2) is 71.8 Å². The molecule has 17 heteroatoms. The number of rotatable bonds is 16. The second kappa shape index (κ2) is 18.6. The van der Waals surface area contributed by atoms with Gasteiger partial charge in [0.25, 0.3) is 0 Å². The molecule has 3 N–H and O–H groups in total. The highest BCUT2D eigenvalue weighted by Gasteiger charge is 2.78. The third-order valence-corrected chi connectivity index (χ3v) is 14.0. The van der Waals surface area contributed by atoms with Crippen LogP contribution in [0.1, 0.15) is 82.3 Å². The third kappa shape index (κ3) is 8.47. The Bertz CT molecular complexity index is 2090. The van der Waals surface area contributed by atoms with Crippen molar-refractivity contribution < 1.29 is 76.8 Å². The van der Waals surface area contributed by atoms with E-state index in [1.807, 2.05) is 0 Å². The van der Waals surface area contributed by atoms with Crippen LogP contribution in [0.25, 0.3) is 0 Å². The summed E-state index contributed by atoms with van der Waals surface area (Å²) in [5, 5.41) is 28.3. The van der Waals surface area contributed by atoms with E-state index >= 15 is 4.79 Å². The zero-order chi connectivity index (χ0) is 46.2. The molecule has 1 heterocycles. The Morgan fingerprint density at radius 3 is 2.16 bits per heavy atom. The lowest BCUT2D eigenvalue weighted by Gasteiger charge is -2.68. The van der Waals surface area contributed by atoms with E-state index in [0.29, 0.717) is 11.1 Å². The van der Waals surface area contributed by atoms with E-state index in [-0.39, 0.29) is 43.5 Å². The molecular formula is C47H59NO16. The van der Waals surface area contributed by atoms with Crippen LogP contribution in [0.4, 0.5) is 4.79 Å². The number of ketones is 1. The van der Waals surface area contributed by atoms with Crippen LogP contribution < -0.4 is 5.32 Å². The van der Waals surface area contributed by atoms with Crippen molar-refractivity contribution in [3.8, 4) is 0 Å². The van der Waals surface area contributed by atoms with Crippen molar-refractivity contribution in [3.63, 3.8) is 0 Å². The van der Waals surface area contributed by atoms with E-state index in [1.165, 1.54) is 33.3 Å². The fourth-order valence-corrected chi connectivity index (χ4v) is 10.4. The van der Waals surface area contributed by atoms with Crippen LogP contribution in [0.3, 0.4) is 0 Å². The molecule has 3 saturated carbocycles. The number of carbonyl (C=O) groups excluding carboxylic acids is 5. The molecule has 7 rings (SSSR count). The minimum Gasteiger partial charge on any atom is -0.456 e. The molecule has 64 heavy (non-hydrogen) atoms. The van der Waals surface area contributed by atoms with E-state index in [0.717, 1.165) is 12.8 Å². The molecule has 1 saturated heterocycles. The second-order valence-electron chi connectivity index (χ2n) is 18.2. The first-order valence-corrected chi connectivity index (χ1v) is 21.6. The van der Waals surface area contributed by atoms with Gasteiger partial charge in [-0.15, -0.1) is 0 Å². The Morgan fingerprint density at radius 2 is 1.56 bits per heavy atom. The molecule has 2 aromatic carbocycles. The molecule has 1 aliphatic heterocycles. The molecule has 1 amide bonds. The van der Waals surface area contributed by atoms with Crippen molar-refractivity contribution in [1.29, 1.82) is 0 Å². The van der Waals surface area contributed by atoms with Gasteiger partial charge in [-0.3, -0.25) is 9.59 Å². The number of carbonyl (C=O) groups is 5. The minimum atomic E-state index is -2.29. The van der Waals surface area contributed by atoms with Gasteiger partial charge in [0.05, 0.1) is 42.3 Å². The molecule has 2 bridgehead atoms. The number of hydrogen-bond acceptors (Lipinski definition) is 16. The summed E-state index contributed by atoms with van der Waals surface area (Å²) in [5.41, 5.74) is -6.30. The summed E-state index contributed by atoms with van der Waals surface area (Å²) in [6.07, 6.45) is -7.99. The molecule has 4 aliphatic carbocycles. The lowest BCUT2D eigenvalue weighted by atomic mass is 9.44. The van der Waals surface area contributed by atoms with Gasteiger partial charge in [-0.1, -0.05) is 62.4 Å². The maximum atomic E-state index is 15.9. The van der Waals surface area contributed by atoms with Crippen molar-refractivity contribution in [2.75, 3.05) is 41.0 Å². The van der Waals surface area contributed by atoms with Crippen LogP contribution in [-0.4, -0.2) is 129 Å². The fraction of sp³-hybridized carbons (Fsp3) is 0.596. The molecule has 0 aromatic heterocycles. The van der Waals surface area contributed by atoms with Gasteiger partial charge in [0.15, 0.2) is 17.5 Å². The molecule has 17 nitrogen and oxygen atoms in total. The molecule has 5 aliphatic rings. The van der Waals surface area contributed by atoms with Gasteiger partial charge >= 0.3 is 24.0 Å². The Kier molecular flexibility index (Phi) is 13.7. The maximum Gasteiger partial charge on any atom is 0.407 e. The molecule has 1 unspecified atom stereocenters. The van der Waals surface area contributed by atoms with Crippen LogP contribution in [0, 0.1) is 22.7 Å². The summed E-state index contributed by atoms with van der Waals surface area (Å²) in [6, 6.07) is 15.1. The Hall–Kier alpha value is -4.75. The van der Waals surface area contributed by atoms with Crippen molar-refractivity contribution in [3.05, 3.63) is 82.9 Å². The van der Waals surface area contributed by atoms with Crippen LogP contribution >= 0.6 is 0 Å². The number of ether oxygens (including phenoxy) is 9. The molecule has 0 radical (unpaired) electrons. The Morgan fingerprint density at radius 1 is 0.922 bits per heavy atom. The number of aliphatic hydroxyl groups excluding tert-OH is 1. The van der Waals surface area contributed by atoms with Crippen LogP contribution in [-0.2, 0) is 57.0 Å². The molecule has 11 atom stereocenters. The average molecular weight is 894 g/mol. The smallest absolute Gasteiger partial charge is 0.407 e. The van der Waals surface area contributed by atoms with Gasteiger partial charge in [0.2, 0.25) is 0 Å². The average Bonchev–Trinajstić information content (AvgIpc) is 4.10. The highest BCUT2D eigenvalue weighted by atomic mass is 16.7. The monoisotopic (exact) mass is 893 g/mol. The van der Waals surface area contributed by atoms with E-state index in [1.54, 1.807) is 76.2 Å². The fourth-order valence-electron chi connectivity index (χ4n) is 10.4. The first-order chi connectivity index (χ1) is 30.4. The summed E-state index contributed by atoms with van der Waals surface area (Å²) in [6.45, 7) is 7.07. The summed E-state index contributed by atoms with van der Waals surface area (Å²) >= 11 is 0. The first-order valence-electron chi connectivity index (χ1n) is 21.6. The number of aliphatic hydroxyl groups is 2. The van der Waals surface area contributed by atoms with Gasteiger partial charge < -0.3 is 58.2 Å². The number of amides is 1. The van der Waals surface area contributed by atoms with Crippen molar-refractivity contribution in [2.24, 2.45) is 22.7 Å². The summed E-state index contributed by atoms with van der Waals surface area (Å²) in [5.74, 6) is -4.50. The van der Waals surface area contributed by atoms with Gasteiger partial charge in [-0.25, -0.2) is 14.4 Å². The van der Waals surface area contributed by atoms with E-state index < -0.39 is 114 Å². The minimum absolute atomic E-state index is 0.0362. The Labute approximate surface area is 372 Å². The predicted octanol–water partition coefficient (Wildman–Crippen LogP) is 4.13. The highest BCUT2D eigenvalue weighted by Crippen LogP contribution is 2.65. The number of benzene rings is 2. The number of esters is 3. The van der Waals surface area contributed by atoms with E-state index in [2.05, 4.69) is 5.32 Å². The number of Topliss-reactive ketones (excluding diaryl/α,β-unsaturated/α-hetero) is 1. The number of methoxy groups -OCH3 is 2. The molecule has 2 aromatic rings. The van der Waals surface area contributed by atoms with Crippen LogP contribution in [0.5, 0.6) is 0 Å². The van der Waals surface area contributed by atoms with Gasteiger partial charge in [-0.2, -0.15) is 0 Å². The maximum absolute atomic E-state index is 15.9. The first kappa shape index (κ1) is 47.2. The van der Waals surface area contributed by atoms with E-state index in [4.69, 9.17) is 42.6 Å². The number of alkyl carbamates (subject to hydrolysis) is 1. The summed E-state index contributed by atoms with van der Waals surface area (Å²) in [4.78, 5) is 70.9. The largest absolute Gasteiger partial charge is 0.456 e. The lowest BCUT2D eigenvalue weighted by molar-refractivity contribution is -0.352. The summed E-state index contributed by atoms with van der Waals surface area (Å²) in [7, 11) is 2.80. The molecule has 4 fully saturated rings. The van der Waals surface area contributed by atoms with E-state index in [9.17, 15) is 29.4 Å². The number of nitrogens with one attached hydrogen (secondary N) is 1. The van der Waals surface area contributed by atoms with Gasteiger partial charge in [-0.05, 0) is 61.4 Å². The quantitative estimate of drug-likeness (QED) is 0.0934. The standard InChI is InChI=1S/C47H59NO16/c1-26-31(62-42(53)36(50)35(29-14-10-8-11-15-29)48-43(54)58-22-28-18-19-28)21-47(55)40(63-41(52)30-16-12-9-13-17-30)38-45(5,39(51)37(61-25-57-7)34(26)44(47,3)4)32(60-24-56-6)20-33-46(38,23-59-33)64-27(2)49/h8-17,28,31-33,35-38,40,50,55H,18-25H2,1-7H3,(H,48,54)/t31-,32-,33+,35-,36+,37+,38?,40-,45+,46-,47+/m0/s1. The number of fused-ring (bicyclic) bond motifs is 5. The second-order valence-corrected chi connectivity index (χ2v) is 18.2. The SMILES string of the molecule is COCO[C@H]1C(=O)[C@@]2(C)C([C@H](OC(=O)c3ccccc3)[C@]3(O)C[C@H](OC(=O)[C@H](O)[C@@H](NC(=O)OCC4CC4)c4ccccc4)C(C)=C1C3(C)C)[C@]1(OC(C)=O)CO[C@@H]1C[C@@H]2OCOC. The van der Waals surface area contributed by atoms with Crippen molar-refractivity contribution in [2.45, 2.75) is 114 Å². The normalized spacial score (nSPS) is 32.5.